The van der Waals surface area contributed by atoms with Crippen LogP contribution >= 0.6 is 11.6 Å². The Morgan fingerprint density at radius 2 is 1.95 bits per heavy atom. The van der Waals surface area contributed by atoms with Gasteiger partial charge in [0.05, 0.1) is 57.1 Å². The van der Waals surface area contributed by atoms with E-state index >= 15 is 0 Å². The highest BCUT2D eigenvalue weighted by atomic mass is 35.5. The molecule has 0 spiro atoms. The highest BCUT2D eigenvalue weighted by Crippen LogP contribution is 2.38. The maximum atomic E-state index is 10.0. The van der Waals surface area contributed by atoms with Crippen molar-refractivity contribution in [1.29, 1.82) is 10.5 Å². The van der Waals surface area contributed by atoms with Crippen LogP contribution in [0.2, 0.25) is 5.02 Å². The SMILES string of the molecule is [B]C(Nc1cc(Cl)c2ncc(C#N)c(N[C@H](CC)c3ccccc3)c2c1)(C1=CN(CC=C)NN1)c1cccc(C#N)c1. The molecule has 0 fully saturated rings. The van der Waals surface area contributed by atoms with Crippen molar-refractivity contribution >= 4 is 41.7 Å². The lowest BCUT2D eigenvalue weighted by Gasteiger charge is -2.34. The Kier molecular flexibility index (Phi) is 8.35. The number of anilines is 2. The molecule has 10 heteroatoms. The van der Waals surface area contributed by atoms with Crippen molar-refractivity contribution in [3.8, 4) is 12.1 Å². The van der Waals surface area contributed by atoms with Crippen LogP contribution < -0.4 is 21.6 Å². The largest absolute Gasteiger partial charge is 0.378 e. The highest BCUT2D eigenvalue weighted by molar-refractivity contribution is 6.36. The average molecular weight is 571 g/mol. The first kappa shape index (κ1) is 28.6. The number of nitriles is 2. The van der Waals surface area contributed by atoms with Gasteiger partial charge in [-0.05, 0) is 41.8 Å². The predicted octanol–water partition coefficient (Wildman–Crippen LogP) is 5.98. The molecule has 0 saturated heterocycles. The van der Waals surface area contributed by atoms with Crippen molar-refractivity contribution in [2.75, 3.05) is 17.2 Å². The van der Waals surface area contributed by atoms with Crippen LogP contribution in [0.1, 0.15) is 41.6 Å². The molecule has 1 aliphatic rings. The molecule has 0 saturated carbocycles. The summed E-state index contributed by atoms with van der Waals surface area (Å²) in [4.78, 5) is 4.51. The normalized spacial score (nSPS) is 14.6. The standard InChI is InChI=1S/C32H28BClN8/c1-3-13-42-20-29(40-41-42)32(33,24-12-8-9-21(14-24)17-35)39-25-15-26-30(23(18-36)19-37-31(26)27(34)16-25)38-28(4-2)22-10-6-5-7-11-22/h3,5-12,14-16,19-20,28,39-41H,1,4,13H2,2H3,(H,37,38)/t28-,32?/m1/s1. The lowest BCUT2D eigenvalue weighted by molar-refractivity contribution is 0.296. The first-order valence-corrected chi connectivity index (χ1v) is 13.8. The van der Waals surface area contributed by atoms with Gasteiger partial charge in [-0.1, -0.05) is 67.1 Å². The van der Waals surface area contributed by atoms with Gasteiger partial charge in [0.15, 0.2) is 0 Å². The van der Waals surface area contributed by atoms with Crippen LogP contribution in [-0.4, -0.2) is 24.4 Å². The number of hydrogen-bond acceptors (Lipinski definition) is 8. The zero-order valence-electron chi connectivity index (χ0n) is 23.0. The maximum absolute atomic E-state index is 10.0. The Bertz CT molecular complexity index is 1740. The predicted molar refractivity (Wildman–Crippen MR) is 168 cm³/mol. The van der Waals surface area contributed by atoms with Gasteiger partial charge in [0.25, 0.3) is 0 Å². The monoisotopic (exact) mass is 570 g/mol. The molecule has 0 aliphatic carbocycles. The third kappa shape index (κ3) is 5.62. The van der Waals surface area contributed by atoms with Gasteiger partial charge in [-0.3, -0.25) is 9.99 Å². The van der Waals surface area contributed by atoms with Crippen LogP contribution in [0, 0.1) is 22.7 Å². The van der Waals surface area contributed by atoms with E-state index in [1.165, 1.54) is 6.20 Å². The molecule has 206 valence electrons. The first-order valence-electron chi connectivity index (χ1n) is 13.4. The lowest BCUT2D eigenvalue weighted by atomic mass is 9.69. The Morgan fingerprint density at radius 3 is 2.67 bits per heavy atom. The molecule has 42 heavy (non-hydrogen) atoms. The molecule has 1 aliphatic heterocycles. The summed E-state index contributed by atoms with van der Waals surface area (Å²) < 4.78 is 0. The fourth-order valence-electron chi connectivity index (χ4n) is 5.00. The van der Waals surface area contributed by atoms with Crippen LogP contribution in [0.5, 0.6) is 0 Å². The molecule has 5 rings (SSSR count). The molecule has 3 aromatic carbocycles. The molecule has 1 unspecified atom stereocenters. The molecule has 2 radical (unpaired) electrons. The zero-order valence-corrected chi connectivity index (χ0v) is 23.8. The van der Waals surface area contributed by atoms with E-state index in [0.717, 1.165) is 12.0 Å². The van der Waals surface area contributed by atoms with E-state index in [2.05, 4.69) is 64.4 Å². The second-order valence-corrected chi connectivity index (χ2v) is 10.3. The van der Waals surface area contributed by atoms with E-state index in [9.17, 15) is 10.5 Å². The van der Waals surface area contributed by atoms with Crippen molar-refractivity contribution in [3.05, 3.63) is 125 Å². The fourth-order valence-corrected chi connectivity index (χ4v) is 5.27. The Labute approximate surface area is 251 Å². The van der Waals surface area contributed by atoms with Crippen LogP contribution in [0.15, 0.2) is 97.5 Å². The average Bonchev–Trinajstić information content (AvgIpc) is 3.50. The topological polar surface area (TPSA) is 112 Å². The molecule has 4 aromatic rings. The minimum atomic E-state index is -1.31. The number of benzene rings is 3. The quantitative estimate of drug-likeness (QED) is 0.136. The second-order valence-electron chi connectivity index (χ2n) is 9.88. The number of fused-ring (bicyclic) bond motifs is 1. The molecular weight excluding hydrogens is 543 g/mol. The molecule has 1 aromatic heterocycles. The summed E-state index contributed by atoms with van der Waals surface area (Å²) in [6.07, 6.45) is 5.92. The van der Waals surface area contributed by atoms with E-state index in [1.807, 2.05) is 36.5 Å². The van der Waals surface area contributed by atoms with Crippen molar-refractivity contribution in [1.82, 2.24) is 21.0 Å². The van der Waals surface area contributed by atoms with Gasteiger partial charge >= 0.3 is 0 Å². The van der Waals surface area contributed by atoms with Gasteiger partial charge in [0.2, 0.25) is 0 Å². The number of hydrogen-bond donors (Lipinski definition) is 4. The molecule has 2 heterocycles. The van der Waals surface area contributed by atoms with E-state index in [0.29, 0.717) is 56.2 Å². The number of nitrogens with one attached hydrogen (secondary N) is 4. The summed E-state index contributed by atoms with van der Waals surface area (Å²) >= 11 is 6.80. The minimum absolute atomic E-state index is 0.0450. The number of hydrazine groups is 2. The molecular formula is C32H28BClN8. The maximum Gasteiger partial charge on any atom is 0.119 e. The summed E-state index contributed by atoms with van der Waals surface area (Å²) in [7, 11) is 7.13. The summed E-state index contributed by atoms with van der Waals surface area (Å²) in [6.45, 7) is 6.42. The minimum Gasteiger partial charge on any atom is -0.378 e. The Balaban J connectivity index is 1.63. The first-order chi connectivity index (χ1) is 20.4. The van der Waals surface area contributed by atoms with Gasteiger partial charge in [0, 0.05) is 23.5 Å². The Morgan fingerprint density at radius 1 is 1.14 bits per heavy atom. The highest BCUT2D eigenvalue weighted by Gasteiger charge is 2.34. The zero-order chi connectivity index (χ0) is 29.7. The van der Waals surface area contributed by atoms with Gasteiger partial charge in [0.1, 0.15) is 13.9 Å². The third-order valence-corrected chi connectivity index (χ3v) is 7.42. The van der Waals surface area contributed by atoms with Crippen LogP contribution in [0.25, 0.3) is 10.9 Å². The lowest BCUT2D eigenvalue weighted by Crippen LogP contribution is -2.45. The molecule has 0 amide bonds. The van der Waals surface area contributed by atoms with Crippen LogP contribution in [0.4, 0.5) is 11.4 Å². The van der Waals surface area contributed by atoms with Crippen LogP contribution in [-0.2, 0) is 5.44 Å². The Hall–Kier alpha value is -4.96. The van der Waals surface area contributed by atoms with Crippen molar-refractivity contribution < 1.29 is 0 Å². The summed E-state index contributed by atoms with van der Waals surface area (Å²) in [5, 5.41) is 29.5. The van der Waals surface area contributed by atoms with E-state index in [1.54, 1.807) is 35.4 Å². The van der Waals surface area contributed by atoms with Gasteiger partial charge < -0.3 is 16.1 Å². The van der Waals surface area contributed by atoms with Crippen molar-refractivity contribution in [3.63, 3.8) is 0 Å². The number of pyridine rings is 1. The summed E-state index contributed by atoms with van der Waals surface area (Å²) in [5.74, 6) is 0. The fraction of sp³-hybridized carbons (Fsp3) is 0.156. The number of halogens is 1. The molecule has 2 atom stereocenters. The summed E-state index contributed by atoms with van der Waals surface area (Å²) in [6, 6.07) is 25.2. The van der Waals surface area contributed by atoms with Gasteiger partial charge in [-0.2, -0.15) is 10.5 Å². The molecule has 8 nitrogen and oxygen atoms in total. The number of rotatable bonds is 10. The van der Waals surface area contributed by atoms with E-state index < -0.39 is 5.44 Å². The number of aromatic nitrogens is 1. The third-order valence-electron chi connectivity index (χ3n) is 7.13. The second kappa shape index (κ2) is 12.3. The summed E-state index contributed by atoms with van der Waals surface area (Å²) in [5.41, 5.74) is 9.89. The van der Waals surface area contributed by atoms with E-state index in [4.69, 9.17) is 19.4 Å². The molecule has 0 bridgehead atoms. The smallest absolute Gasteiger partial charge is 0.119 e. The van der Waals surface area contributed by atoms with Crippen molar-refractivity contribution in [2.24, 2.45) is 0 Å². The molecule has 4 N–H and O–H groups in total. The van der Waals surface area contributed by atoms with Gasteiger partial charge in [-0.15, -0.1) is 12.1 Å². The number of nitrogens with zero attached hydrogens (tertiary/aromatic N) is 4. The van der Waals surface area contributed by atoms with Gasteiger partial charge in [-0.25, -0.2) is 0 Å². The van der Waals surface area contributed by atoms with E-state index in [-0.39, 0.29) is 6.04 Å². The van der Waals surface area contributed by atoms with Crippen LogP contribution in [0.3, 0.4) is 0 Å². The van der Waals surface area contributed by atoms with Crippen molar-refractivity contribution in [2.45, 2.75) is 24.8 Å².